The lowest BCUT2D eigenvalue weighted by atomic mass is 9.98. The van der Waals surface area contributed by atoms with Crippen LogP contribution in [0.3, 0.4) is 0 Å². The minimum Gasteiger partial charge on any atom is -0.493 e. The van der Waals surface area contributed by atoms with E-state index in [9.17, 15) is 4.79 Å². The Morgan fingerprint density at radius 3 is 2.70 bits per heavy atom. The SMILES string of the molecule is COc1cc2c(cc1OC)CN(C(=O)c1cn(Cc3cccs3)nn1)CC2. The van der Waals surface area contributed by atoms with Gasteiger partial charge in [0.25, 0.3) is 5.91 Å². The lowest BCUT2D eigenvalue weighted by Gasteiger charge is -2.29. The molecule has 0 saturated carbocycles. The molecule has 1 aromatic carbocycles. The molecule has 140 valence electrons. The monoisotopic (exact) mass is 384 g/mol. The highest BCUT2D eigenvalue weighted by Crippen LogP contribution is 2.33. The fraction of sp³-hybridized carbons (Fsp3) is 0.316. The van der Waals surface area contributed by atoms with E-state index in [2.05, 4.69) is 10.3 Å². The molecule has 0 unspecified atom stereocenters. The zero-order valence-electron chi connectivity index (χ0n) is 15.2. The highest BCUT2D eigenvalue weighted by atomic mass is 32.1. The largest absolute Gasteiger partial charge is 0.493 e. The Balaban J connectivity index is 1.50. The average molecular weight is 384 g/mol. The quantitative estimate of drug-likeness (QED) is 0.676. The van der Waals surface area contributed by atoms with Gasteiger partial charge in [-0.1, -0.05) is 11.3 Å². The summed E-state index contributed by atoms with van der Waals surface area (Å²) in [5, 5.41) is 10.2. The molecule has 0 aliphatic carbocycles. The molecular weight excluding hydrogens is 364 g/mol. The Morgan fingerprint density at radius 1 is 1.22 bits per heavy atom. The first-order chi connectivity index (χ1) is 13.2. The summed E-state index contributed by atoms with van der Waals surface area (Å²) < 4.78 is 12.4. The number of carbonyl (C=O) groups excluding carboxylic acids is 1. The summed E-state index contributed by atoms with van der Waals surface area (Å²) in [7, 11) is 3.24. The van der Waals surface area contributed by atoms with Gasteiger partial charge in [0.2, 0.25) is 0 Å². The molecule has 0 N–H and O–H groups in total. The van der Waals surface area contributed by atoms with Gasteiger partial charge in [-0.05, 0) is 41.1 Å². The first kappa shape index (κ1) is 17.5. The van der Waals surface area contributed by atoms with Crippen molar-refractivity contribution in [3.8, 4) is 11.5 Å². The molecule has 0 bridgehead atoms. The summed E-state index contributed by atoms with van der Waals surface area (Å²) >= 11 is 1.66. The Morgan fingerprint density at radius 2 is 2.00 bits per heavy atom. The average Bonchev–Trinajstić information content (AvgIpc) is 3.38. The molecule has 2 aromatic heterocycles. The third-order valence-electron chi connectivity index (χ3n) is 4.66. The number of benzene rings is 1. The Hall–Kier alpha value is -2.87. The number of fused-ring (bicyclic) bond motifs is 1. The highest BCUT2D eigenvalue weighted by molar-refractivity contribution is 7.09. The van der Waals surface area contributed by atoms with Crippen molar-refractivity contribution in [2.45, 2.75) is 19.5 Å². The molecule has 1 aliphatic heterocycles. The smallest absolute Gasteiger partial charge is 0.276 e. The van der Waals surface area contributed by atoms with Crippen LogP contribution in [0.15, 0.2) is 35.8 Å². The number of hydrogen-bond donors (Lipinski definition) is 0. The van der Waals surface area contributed by atoms with Crippen molar-refractivity contribution < 1.29 is 14.3 Å². The van der Waals surface area contributed by atoms with Crippen molar-refractivity contribution in [1.29, 1.82) is 0 Å². The molecule has 1 amide bonds. The topological polar surface area (TPSA) is 69.5 Å². The second-order valence-electron chi connectivity index (χ2n) is 6.33. The van der Waals surface area contributed by atoms with Crippen LogP contribution in [0.4, 0.5) is 0 Å². The van der Waals surface area contributed by atoms with Gasteiger partial charge in [0.15, 0.2) is 17.2 Å². The van der Waals surface area contributed by atoms with Crippen LogP contribution in [0, 0.1) is 0 Å². The standard InChI is InChI=1S/C19H20N4O3S/c1-25-17-8-13-5-6-22(10-14(13)9-18(17)26-2)19(24)16-12-23(21-20-16)11-15-4-3-7-27-15/h3-4,7-9,12H,5-6,10-11H2,1-2H3. The number of carbonyl (C=O) groups is 1. The van der Waals surface area contributed by atoms with Crippen LogP contribution in [0.2, 0.25) is 0 Å². The second kappa shape index (κ2) is 7.40. The fourth-order valence-corrected chi connectivity index (χ4v) is 3.95. The molecule has 8 heteroatoms. The van der Waals surface area contributed by atoms with Crippen LogP contribution < -0.4 is 9.47 Å². The van der Waals surface area contributed by atoms with Gasteiger partial charge < -0.3 is 14.4 Å². The van der Waals surface area contributed by atoms with Crippen molar-refractivity contribution in [3.05, 3.63) is 57.5 Å². The Bertz CT molecular complexity index is 952. The minimum atomic E-state index is -0.104. The zero-order valence-corrected chi connectivity index (χ0v) is 16.0. The number of hydrogen-bond acceptors (Lipinski definition) is 6. The maximum atomic E-state index is 12.9. The molecule has 0 radical (unpaired) electrons. The first-order valence-electron chi connectivity index (χ1n) is 8.63. The van der Waals surface area contributed by atoms with E-state index in [1.165, 1.54) is 10.4 Å². The summed E-state index contributed by atoms with van der Waals surface area (Å²) in [6.45, 7) is 1.78. The van der Waals surface area contributed by atoms with E-state index in [4.69, 9.17) is 9.47 Å². The summed E-state index contributed by atoms with van der Waals surface area (Å²) in [5.41, 5.74) is 2.62. The second-order valence-corrected chi connectivity index (χ2v) is 7.37. The van der Waals surface area contributed by atoms with Crippen LogP contribution >= 0.6 is 11.3 Å². The molecule has 3 aromatic rings. The van der Waals surface area contributed by atoms with E-state index in [0.717, 1.165) is 12.0 Å². The van der Waals surface area contributed by atoms with Crippen molar-refractivity contribution in [2.75, 3.05) is 20.8 Å². The first-order valence-corrected chi connectivity index (χ1v) is 9.51. The predicted octanol–water partition coefficient (Wildman–Crippen LogP) is 2.60. The summed E-state index contributed by atoms with van der Waals surface area (Å²) in [4.78, 5) is 15.8. The van der Waals surface area contributed by atoms with Gasteiger partial charge in [-0.15, -0.1) is 16.4 Å². The zero-order chi connectivity index (χ0) is 18.8. The van der Waals surface area contributed by atoms with Crippen molar-refractivity contribution in [2.24, 2.45) is 0 Å². The molecule has 4 rings (SSSR count). The van der Waals surface area contributed by atoms with Gasteiger partial charge in [0, 0.05) is 18.0 Å². The van der Waals surface area contributed by atoms with E-state index < -0.39 is 0 Å². The molecular formula is C19H20N4O3S. The van der Waals surface area contributed by atoms with Gasteiger partial charge >= 0.3 is 0 Å². The summed E-state index contributed by atoms with van der Waals surface area (Å²) in [6, 6.07) is 7.98. The van der Waals surface area contributed by atoms with Crippen molar-refractivity contribution in [1.82, 2.24) is 19.9 Å². The fourth-order valence-electron chi connectivity index (χ4n) is 3.25. The van der Waals surface area contributed by atoms with Crippen LogP contribution in [-0.2, 0) is 19.5 Å². The molecule has 0 fully saturated rings. The number of rotatable bonds is 5. The lowest BCUT2D eigenvalue weighted by molar-refractivity contribution is 0.0728. The molecule has 27 heavy (non-hydrogen) atoms. The normalized spacial score (nSPS) is 13.3. The van der Waals surface area contributed by atoms with Crippen LogP contribution in [0.5, 0.6) is 11.5 Å². The third-order valence-corrected chi connectivity index (χ3v) is 5.52. The molecule has 7 nitrogen and oxygen atoms in total. The van der Waals surface area contributed by atoms with Gasteiger partial charge in [-0.25, -0.2) is 4.68 Å². The van der Waals surface area contributed by atoms with Gasteiger partial charge in [-0.2, -0.15) is 0 Å². The van der Waals surface area contributed by atoms with E-state index in [0.29, 0.717) is 36.8 Å². The number of methoxy groups -OCH3 is 2. The lowest BCUT2D eigenvalue weighted by Crippen LogP contribution is -2.36. The van der Waals surface area contributed by atoms with Gasteiger partial charge in [-0.3, -0.25) is 4.79 Å². The van der Waals surface area contributed by atoms with E-state index in [-0.39, 0.29) is 5.91 Å². The van der Waals surface area contributed by atoms with Crippen LogP contribution in [0.1, 0.15) is 26.5 Å². The predicted molar refractivity (Wildman–Crippen MR) is 101 cm³/mol. The summed E-state index contributed by atoms with van der Waals surface area (Å²) in [5.74, 6) is 1.29. The van der Waals surface area contributed by atoms with Crippen molar-refractivity contribution >= 4 is 17.2 Å². The van der Waals surface area contributed by atoms with E-state index >= 15 is 0 Å². The maximum absolute atomic E-state index is 12.9. The van der Waals surface area contributed by atoms with Gasteiger partial charge in [0.1, 0.15) is 0 Å². The number of thiophene rings is 1. The van der Waals surface area contributed by atoms with Crippen molar-refractivity contribution in [3.63, 3.8) is 0 Å². The number of aromatic nitrogens is 3. The molecule has 0 saturated heterocycles. The molecule has 3 heterocycles. The summed E-state index contributed by atoms with van der Waals surface area (Å²) in [6.07, 6.45) is 2.48. The van der Waals surface area contributed by atoms with Gasteiger partial charge in [0.05, 0.1) is 27.0 Å². The third kappa shape index (κ3) is 3.52. The van der Waals surface area contributed by atoms with Crippen LogP contribution in [-0.4, -0.2) is 46.6 Å². The Kier molecular flexibility index (Phi) is 4.81. The Labute approximate surface area is 161 Å². The molecule has 1 aliphatic rings. The highest BCUT2D eigenvalue weighted by Gasteiger charge is 2.25. The van der Waals surface area contributed by atoms with E-state index in [1.54, 1.807) is 41.3 Å². The number of amides is 1. The van der Waals surface area contributed by atoms with Crippen LogP contribution in [0.25, 0.3) is 0 Å². The minimum absolute atomic E-state index is 0.104. The molecule has 0 spiro atoms. The van der Waals surface area contributed by atoms with E-state index in [1.807, 2.05) is 29.6 Å². The maximum Gasteiger partial charge on any atom is 0.276 e. The number of nitrogens with zero attached hydrogens (tertiary/aromatic N) is 4. The molecule has 0 atom stereocenters. The number of ether oxygens (including phenoxy) is 2.